The Bertz CT molecular complexity index is 799. The Hall–Kier alpha value is -3.35. The number of hydrogen-bond donors (Lipinski definition) is 3. The van der Waals surface area contributed by atoms with E-state index in [1.54, 1.807) is 12.1 Å². The molecule has 0 bridgehead atoms. The second kappa shape index (κ2) is 6.04. The molecule has 122 valence electrons. The van der Waals surface area contributed by atoms with E-state index in [1.807, 2.05) is 0 Å². The van der Waals surface area contributed by atoms with E-state index in [-0.39, 0.29) is 23.6 Å². The standard InChI is InChI=1S/C17H14N2O5/c20-13-7-3-11(4-8-13)18-14-9-15(21)19(16(14)22)12-5-1-10(2-6-12)17(23)24/h1-8,14,18,20H,9H2,(H,23,24). The molecule has 0 saturated carbocycles. The number of hydrogen-bond acceptors (Lipinski definition) is 5. The number of phenols is 1. The van der Waals surface area contributed by atoms with E-state index in [0.717, 1.165) is 4.90 Å². The van der Waals surface area contributed by atoms with Crippen molar-refractivity contribution in [1.29, 1.82) is 0 Å². The summed E-state index contributed by atoms with van der Waals surface area (Å²) in [5.41, 5.74) is 1.03. The second-order valence-electron chi connectivity index (χ2n) is 5.37. The number of aromatic carboxylic acids is 1. The lowest BCUT2D eigenvalue weighted by atomic mass is 10.2. The quantitative estimate of drug-likeness (QED) is 0.584. The molecule has 2 aromatic rings. The van der Waals surface area contributed by atoms with Crippen molar-refractivity contribution in [2.45, 2.75) is 12.5 Å². The van der Waals surface area contributed by atoms with E-state index >= 15 is 0 Å². The zero-order valence-electron chi connectivity index (χ0n) is 12.5. The van der Waals surface area contributed by atoms with Gasteiger partial charge in [0, 0.05) is 5.69 Å². The summed E-state index contributed by atoms with van der Waals surface area (Å²) in [6.07, 6.45) is 0.000389. The largest absolute Gasteiger partial charge is 0.508 e. The molecule has 1 heterocycles. The summed E-state index contributed by atoms with van der Waals surface area (Å²) < 4.78 is 0. The number of carbonyl (C=O) groups is 3. The first kappa shape index (κ1) is 15.5. The Morgan fingerprint density at radius 2 is 1.67 bits per heavy atom. The number of carboxylic acids is 1. The Labute approximate surface area is 137 Å². The van der Waals surface area contributed by atoms with Crippen molar-refractivity contribution in [2.24, 2.45) is 0 Å². The number of phenolic OH excluding ortho intramolecular Hbond substituents is 1. The van der Waals surface area contributed by atoms with Crippen molar-refractivity contribution in [2.75, 3.05) is 10.2 Å². The second-order valence-corrected chi connectivity index (χ2v) is 5.37. The molecule has 0 spiro atoms. The topological polar surface area (TPSA) is 107 Å². The molecule has 1 aliphatic heterocycles. The highest BCUT2D eigenvalue weighted by Gasteiger charge is 2.39. The van der Waals surface area contributed by atoms with Crippen LogP contribution in [-0.2, 0) is 9.59 Å². The molecule has 2 amide bonds. The lowest BCUT2D eigenvalue weighted by Gasteiger charge is -2.16. The van der Waals surface area contributed by atoms with Crippen LogP contribution in [-0.4, -0.2) is 34.0 Å². The Kier molecular flexibility index (Phi) is 3.91. The van der Waals surface area contributed by atoms with Gasteiger partial charge in [-0.1, -0.05) is 0 Å². The smallest absolute Gasteiger partial charge is 0.335 e. The molecule has 1 unspecified atom stereocenters. The first-order chi connectivity index (χ1) is 11.5. The van der Waals surface area contributed by atoms with Crippen molar-refractivity contribution < 1.29 is 24.6 Å². The number of rotatable bonds is 4. The number of imide groups is 1. The van der Waals surface area contributed by atoms with Crippen LogP contribution in [0.1, 0.15) is 16.8 Å². The van der Waals surface area contributed by atoms with Crippen molar-refractivity contribution in [1.82, 2.24) is 0 Å². The summed E-state index contributed by atoms with van der Waals surface area (Å²) in [5.74, 6) is -1.74. The molecular formula is C17H14N2O5. The number of nitrogens with one attached hydrogen (secondary N) is 1. The molecule has 1 aliphatic rings. The van der Waals surface area contributed by atoms with E-state index in [1.165, 1.54) is 36.4 Å². The SMILES string of the molecule is O=C(O)c1ccc(N2C(=O)CC(Nc3ccc(O)cc3)C2=O)cc1. The third-order valence-corrected chi connectivity index (χ3v) is 3.73. The molecular weight excluding hydrogens is 312 g/mol. The molecule has 0 aliphatic carbocycles. The van der Waals surface area contributed by atoms with Crippen molar-refractivity contribution in [3.8, 4) is 5.75 Å². The number of carbonyl (C=O) groups excluding carboxylic acids is 2. The van der Waals surface area contributed by atoms with Crippen LogP contribution in [0.4, 0.5) is 11.4 Å². The predicted octanol–water partition coefficient (Wildman–Crippen LogP) is 1.83. The van der Waals surface area contributed by atoms with Gasteiger partial charge >= 0.3 is 5.97 Å². The van der Waals surface area contributed by atoms with Gasteiger partial charge in [0.1, 0.15) is 11.8 Å². The van der Waals surface area contributed by atoms with Crippen molar-refractivity contribution in [3.05, 3.63) is 54.1 Å². The highest BCUT2D eigenvalue weighted by molar-refractivity contribution is 6.23. The minimum atomic E-state index is -1.08. The number of aromatic hydroxyl groups is 1. The lowest BCUT2D eigenvalue weighted by Crippen LogP contribution is -2.34. The molecule has 1 fully saturated rings. The zero-order valence-corrected chi connectivity index (χ0v) is 12.5. The normalized spacial score (nSPS) is 17.2. The predicted molar refractivity (Wildman–Crippen MR) is 86.0 cm³/mol. The van der Waals surface area contributed by atoms with Crippen LogP contribution in [0, 0.1) is 0 Å². The van der Waals surface area contributed by atoms with Gasteiger partial charge in [-0.25, -0.2) is 9.69 Å². The zero-order chi connectivity index (χ0) is 17.3. The molecule has 0 radical (unpaired) electrons. The molecule has 7 heteroatoms. The van der Waals surface area contributed by atoms with Gasteiger partial charge in [0.05, 0.1) is 17.7 Å². The highest BCUT2D eigenvalue weighted by Crippen LogP contribution is 2.25. The van der Waals surface area contributed by atoms with Gasteiger partial charge in [-0.05, 0) is 48.5 Å². The summed E-state index contributed by atoms with van der Waals surface area (Å²) >= 11 is 0. The molecule has 24 heavy (non-hydrogen) atoms. The van der Waals surface area contributed by atoms with Crippen LogP contribution in [0.3, 0.4) is 0 Å². The Morgan fingerprint density at radius 1 is 1.04 bits per heavy atom. The van der Waals surface area contributed by atoms with Gasteiger partial charge in [0.2, 0.25) is 5.91 Å². The van der Waals surface area contributed by atoms with E-state index in [9.17, 15) is 19.5 Å². The molecule has 3 N–H and O–H groups in total. The third-order valence-electron chi connectivity index (χ3n) is 3.73. The van der Waals surface area contributed by atoms with Gasteiger partial charge in [0.25, 0.3) is 5.91 Å². The summed E-state index contributed by atoms with van der Waals surface area (Å²) in [6, 6.07) is 11.0. The van der Waals surface area contributed by atoms with Crippen molar-refractivity contribution >= 4 is 29.2 Å². The maximum absolute atomic E-state index is 12.5. The molecule has 0 aromatic heterocycles. The third kappa shape index (κ3) is 2.91. The van der Waals surface area contributed by atoms with E-state index in [4.69, 9.17) is 5.11 Å². The summed E-state index contributed by atoms with van der Waals surface area (Å²) in [5, 5.41) is 21.1. The fraction of sp³-hybridized carbons (Fsp3) is 0.118. The summed E-state index contributed by atoms with van der Waals surface area (Å²) in [4.78, 5) is 36.6. The van der Waals surface area contributed by atoms with Gasteiger partial charge < -0.3 is 15.5 Å². The fourth-order valence-corrected chi connectivity index (χ4v) is 2.53. The van der Waals surface area contributed by atoms with E-state index in [2.05, 4.69) is 5.32 Å². The van der Waals surface area contributed by atoms with Gasteiger partial charge in [-0.2, -0.15) is 0 Å². The van der Waals surface area contributed by atoms with Crippen LogP contribution < -0.4 is 10.2 Å². The number of amides is 2. The van der Waals surface area contributed by atoms with Crippen LogP contribution in [0.25, 0.3) is 0 Å². The Morgan fingerprint density at radius 3 is 2.25 bits per heavy atom. The van der Waals surface area contributed by atoms with Crippen LogP contribution in [0.5, 0.6) is 5.75 Å². The van der Waals surface area contributed by atoms with Gasteiger partial charge in [0.15, 0.2) is 0 Å². The number of anilines is 2. The molecule has 1 atom stereocenters. The van der Waals surface area contributed by atoms with Gasteiger partial charge in [-0.3, -0.25) is 9.59 Å². The molecule has 7 nitrogen and oxygen atoms in total. The maximum Gasteiger partial charge on any atom is 0.335 e. The average Bonchev–Trinajstić information content (AvgIpc) is 2.83. The van der Waals surface area contributed by atoms with Crippen LogP contribution in [0.15, 0.2) is 48.5 Å². The number of nitrogens with zero attached hydrogens (tertiary/aromatic N) is 1. The van der Waals surface area contributed by atoms with Crippen molar-refractivity contribution in [3.63, 3.8) is 0 Å². The average molecular weight is 326 g/mol. The minimum absolute atomic E-state index is 0.000389. The molecule has 2 aromatic carbocycles. The highest BCUT2D eigenvalue weighted by atomic mass is 16.4. The molecule has 3 rings (SSSR count). The first-order valence-electron chi connectivity index (χ1n) is 7.21. The lowest BCUT2D eigenvalue weighted by molar-refractivity contribution is -0.121. The van der Waals surface area contributed by atoms with Crippen LogP contribution in [0.2, 0.25) is 0 Å². The first-order valence-corrected chi connectivity index (χ1v) is 7.21. The van der Waals surface area contributed by atoms with Crippen LogP contribution >= 0.6 is 0 Å². The van der Waals surface area contributed by atoms with E-state index < -0.39 is 17.9 Å². The monoisotopic (exact) mass is 326 g/mol. The summed E-state index contributed by atoms with van der Waals surface area (Å²) in [6.45, 7) is 0. The number of carboxylic acid groups (broad SMARTS) is 1. The minimum Gasteiger partial charge on any atom is -0.508 e. The summed E-state index contributed by atoms with van der Waals surface area (Å²) in [7, 11) is 0. The molecule has 1 saturated heterocycles. The Balaban J connectivity index is 1.78. The van der Waals surface area contributed by atoms with E-state index in [0.29, 0.717) is 11.4 Å². The number of benzene rings is 2. The fourth-order valence-electron chi connectivity index (χ4n) is 2.53. The maximum atomic E-state index is 12.5. The van der Waals surface area contributed by atoms with Gasteiger partial charge in [-0.15, -0.1) is 0 Å².